The molecule has 206 valence electrons. The summed E-state index contributed by atoms with van der Waals surface area (Å²) in [6.07, 6.45) is 5.18. The fourth-order valence-corrected chi connectivity index (χ4v) is 5.11. The van der Waals surface area contributed by atoms with E-state index in [0.717, 1.165) is 28.5 Å². The Labute approximate surface area is 228 Å². The molecular formula is C31H36N2O6. The second-order valence-corrected chi connectivity index (χ2v) is 9.81. The van der Waals surface area contributed by atoms with Crippen molar-refractivity contribution in [1.29, 1.82) is 0 Å². The number of hydrogen-bond acceptors (Lipinski definition) is 6. The molecule has 8 heteroatoms. The number of benzene rings is 2. The van der Waals surface area contributed by atoms with Crippen LogP contribution in [-0.2, 0) is 20.7 Å². The number of hydrogen-bond donors (Lipinski definition) is 1. The van der Waals surface area contributed by atoms with E-state index in [0.29, 0.717) is 25.0 Å². The SMILES string of the molecule is C=CCOC(=O)Cc1ccc(O[C@@H]2N(C(=O)N[C@H](CCC)c3ccc4occc4c3)C(=O)C2(CC)CC)cc1. The summed E-state index contributed by atoms with van der Waals surface area (Å²) in [7, 11) is 0. The molecule has 0 aliphatic carbocycles. The van der Waals surface area contributed by atoms with Crippen molar-refractivity contribution in [3.05, 3.63) is 78.6 Å². The maximum atomic E-state index is 13.5. The molecule has 1 aromatic heterocycles. The molecule has 2 heterocycles. The molecule has 0 unspecified atom stereocenters. The lowest BCUT2D eigenvalue weighted by molar-refractivity contribution is -0.191. The highest BCUT2D eigenvalue weighted by molar-refractivity contribution is 6.03. The molecule has 0 spiro atoms. The Bertz CT molecular complexity index is 1320. The lowest BCUT2D eigenvalue weighted by Gasteiger charge is -2.53. The first-order valence-electron chi connectivity index (χ1n) is 13.5. The molecule has 2 atom stereocenters. The molecule has 8 nitrogen and oxygen atoms in total. The van der Waals surface area contributed by atoms with Crippen LogP contribution in [0.15, 0.2) is 71.9 Å². The van der Waals surface area contributed by atoms with E-state index >= 15 is 0 Å². The van der Waals surface area contributed by atoms with Gasteiger partial charge in [-0.2, -0.15) is 0 Å². The summed E-state index contributed by atoms with van der Waals surface area (Å²) in [5.74, 6) is -0.0760. The number of carbonyl (C=O) groups is 3. The van der Waals surface area contributed by atoms with Crippen LogP contribution in [-0.4, -0.2) is 35.6 Å². The van der Waals surface area contributed by atoms with E-state index in [4.69, 9.17) is 13.9 Å². The number of nitrogens with one attached hydrogen (secondary N) is 1. The van der Waals surface area contributed by atoms with E-state index in [1.54, 1.807) is 30.5 Å². The third-order valence-corrected chi connectivity index (χ3v) is 7.47. The van der Waals surface area contributed by atoms with Gasteiger partial charge in [0.1, 0.15) is 23.4 Å². The minimum Gasteiger partial charge on any atom is -0.469 e. The van der Waals surface area contributed by atoms with Crippen molar-refractivity contribution >= 4 is 28.9 Å². The number of esters is 1. The number of fused-ring (bicyclic) bond motifs is 1. The smallest absolute Gasteiger partial charge is 0.327 e. The first-order chi connectivity index (χ1) is 18.9. The van der Waals surface area contributed by atoms with E-state index in [2.05, 4.69) is 18.8 Å². The maximum Gasteiger partial charge on any atom is 0.327 e. The zero-order valence-corrected chi connectivity index (χ0v) is 22.8. The Balaban J connectivity index is 1.51. The van der Waals surface area contributed by atoms with Gasteiger partial charge in [-0.15, -0.1) is 0 Å². The summed E-state index contributed by atoms with van der Waals surface area (Å²) in [5.41, 5.74) is 1.71. The van der Waals surface area contributed by atoms with Crippen molar-refractivity contribution in [2.45, 2.75) is 65.1 Å². The van der Waals surface area contributed by atoms with Gasteiger partial charge in [0, 0.05) is 5.39 Å². The van der Waals surface area contributed by atoms with Gasteiger partial charge in [-0.05, 0) is 60.7 Å². The number of likely N-dealkylation sites (tertiary alicyclic amines) is 1. The number of ether oxygens (including phenoxy) is 2. The second-order valence-electron chi connectivity index (χ2n) is 9.81. The molecule has 3 aromatic rings. The van der Waals surface area contributed by atoms with Gasteiger partial charge in [0.15, 0.2) is 6.23 Å². The topological polar surface area (TPSA) is 98.1 Å². The van der Waals surface area contributed by atoms with Gasteiger partial charge in [0.05, 0.1) is 18.7 Å². The van der Waals surface area contributed by atoms with Gasteiger partial charge in [-0.25, -0.2) is 9.69 Å². The van der Waals surface area contributed by atoms with E-state index in [-0.39, 0.29) is 30.9 Å². The Morgan fingerprint density at radius 1 is 1.13 bits per heavy atom. The van der Waals surface area contributed by atoms with Crippen LogP contribution < -0.4 is 10.1 Å². The molecule has 0 bridgehead atoms. The quantitative estimate of drug-likeness (QED) is 0.167. The molecule has 4 rings (SSSR count). The molecule has 1 saturated heterocycles. The van der Waals surface area contributed by atoms with Gasteiger partial charge in [-0.3, -0.25) is 9.59 Å². The largest absolute Gasteiger partial charge is 0.469 e. The third kappa shape index (κ3) is 5.70. The summed E-state index contributed by atoms with van der Waals surface area (Å²) in [6.45, 7) is 9.63. The zero-order chi connectivity index (χ0) is 28.0. The third-order valence-electron chi connectivity index (χ3n) is 7.47. The molecule has 0 radical (unpaired) electrons. The van der Waals surface area contributed by atoms with Crippen molar-refractivity contribution < 1.29 is 28.3 Å². The fourth-order valence-electron chi connectivity index (χ4n) is 5.11. The standard InChI is InChI=1S/C31H36N2O6/c1-5-9-25(22-12-15-26-23(20-22)16-18-37-26)32-30(36)33-28(35)31(7-3,8-4)29(33)39-24-13-10-21(11-14-24)19-27(34)38-17-6-2/h6,10-16,18,20,25,29H,2,5,7-9,17,19H2,1,3-4H3,(H,32,36)/t25-,29+/m1/s1. The monoisotopic (exact) mass is 532 g/mol. The van der Waals surface area contributed by atoms with Crippen LogP contribution in [0.25, 0.3) is 11.0 Å². The Morgan fingerprint density at radius 2 is 1.87 bits per heavy atom. The molecule has 1 N–H and O–H groups in total. The minimum atomic E-state index is -0.791. The molecule has 0 saturated carbocycles. The van der Waals surface area contributed by atoms with Crippen molar-refractivity contribution in [1.82, 2.24) is 10.2 Å². The number of carbonyl (C=O) groups excluding carboxylic acids is 3. The summed E-state index contributed by atoms with van der Waals surface area (Å²) < 4.78 is 16.8. The Kier molecular flexibility index (Phi) is 8.74. The van der Waals surface area contributed by atoms with Crippen molar-refractivity contribution in [3.8, 4) is 5.75 Å². The predicted octanol–water partition coefficient (Wildman–Crippen LogP) is 6.31. The van der Waals surface area contributed by atoms with Gasteiger partial charge in [0.25, 0.3) is 0 Å². The maximum absolute atomic E-state index is 13.5. The molecular weight excluding hydrogens is 496 g/mol. The number of amides is 3. The average molecular weight is 533 g/mol. The van der Waals surface area contributed by atoms with Crippen LogP contribution in [0.2, 0.25) is 0 Å². The molecule has 1 fully saturated rings. The van der Waals surface area contributed by atoms with E-state index in [9.17, 15) is 14.4 Å². The normalized spacial score (nSPS) is 16.8. The van der Waals surface area contributed by atoms with Gasteiger partial charge < -0.3 is 19.2 Å². The molecule has 3 amide bonds. The van der Waals surface area contributed by atoms with Crippen molar-refractivity contribution in [3.63, 3.8) is 0 Å². The first kappa shape index (κ1) is 28.0. The number of β-lactam (4-membered cyclic amide) rings is 1. The van der Waals surface area contributed by atoms with Gasteiger partial charge >= 0.3 is 12.0 Å². The highest BCUT2D eigenvalue weighted by Crippen LogP contribution is 2.46. The predicted molar refractivity (Wildman–Crippen MR) is 148 cm³/mol. The number of nitrogens with zero attached hydrogens (tertiary/aromatic N) is 1. The highest BCUT2D eigenvalue weighted by atomic mass is 16.5. The van der Waals surface area contributed by atoms with Crippen LogP contribution in [0, 0.1) is 5.41 Å². The number of imide groups is 1. The molecule has 1 aliphatic rings. The minimum absolute atomic E-state index is 0.127. The first-order valence-corrected chi connectivity index (χ1v) is 13.5. The van der Waals surface area contributed by atoms with Crippen molar-refractivity contribution in [2.75, 3.05) is 6.61 Å². The number of furan rings is 1. The fraction of sp³-hybridized carbons (Fsp3) is 0.387. The average Bonchev–Trinajstić information content (AvgIpc) is 3.41. The van der Waals surface area contributed by atoms with Crippen molar-refractivity contribution in [2.24, 2.45) is 5.41 Å². The number of urea groups is 1. The second kappa shape index (κ2) is 12.2. The summed E-state index contributed by atoms with van der Waals surface area (Å²) in [4.78, 5) is 40.0. The van der Waals surface area contributed by atoms with E-state index < -0.39 is 17.7 Å². The van der Waals surface area contributed by atoms with Crippen LogP contribution in [0.4, 0.5) is 4.79 Å². The van der Waals surface area contributed by atoms with Gasteiger partial charge in [-0.1, -0.05) is 58.0 Å². The zero-order valence-electron chi connectivity index (χ0n) is 22.8. The van der Waals surface area contributed by atoms with E-state index in [1.165, 1.54) is 11.0 Å². The molecule has 39 heavy (non-hydrogen) atoms. The highest BCUT2D eigenvalue weighted by Gasteiger charge is 2.63. The lowest BCUT2D eigenvalue weighted by Crippen LogP contribution is -2.73. The summed E-state index contributed by atoms with van der Waals surface area (Å²) in [6, 6.07) is 14.0. The van der Waals surface area contributed by atoms with Gasteiger partial charge in [0.2, 0.25) is 5.91 Å². The molecule has 2 aromatic carbocycles. The Hall–Kier alpha value is -4.07. The van der Waals surface area contributed by atoms with Crippen LogP contribution in [0.5, 0.6) is 5.75 Å². The summed E-state index contributed by atoms with van der Waals surface area (Å²) >= 11 is 0. The summed E-state index contributed by atoms with van der Waals surface area (Å²) in [5, 5.41) is 4.03. The van der Waals surface area contributed by atoms with E-state index in [1.807, 2.05) is 38.1 Å². The van der Waals surface area contributed by atoms with Crippen LogP contribution in [0.1, 0.15) is 63.6 Å². The Morgan fingerprint density at radius 3 is 2.54 bits per heavy atom. The lowest BCUT2D eigenvalue weighted by atomic mass is 9.72. The van der Waals surface area contributed by atoms with Crippen LogP contribution >= 0.6 is 0 Å². The number of rotatable bonds is 12. The molecule has 1 aliphatic heterocycles. The van der Waals surface area contributed by atoms with Crippen LogP contribution in [0.3, 0.4) is 0 Å².